The predicted octanol–water partition coefficient (Wildman–Crippen LogP) is 2.06. The number of amides is 1. The van der Waals surface area contributed by atoms with Gasteiger partial charge in [-0.15, -0.1) is 0 Å². The number of likely N-dealkylation sites (tertiary alicyclic amines) is 1. The van der Waals surface area contributed by atoms with Crippen LogP contribution in [-0.4, -0.2) is 48.3 Å². The SMILES string of the molecule is CC(CC(=O)N1CCC(OCCO)CC1)C(C)(C)C. The van der Waals surface area contributed by atoms with Gasteiger partial charge in [-0.1, -0.05) is 27.7 Å². The second-order valence-corrected chi connectivity index (χ2v) is 6.65. The molecular formula is C15H29NO3. The fourth-order valence-electron chi connectivity index (χ4n) is 2.19. The van der Waals surface area contributed by atoms with E-state index in [2.05, 4.69) is 27.7 Å². The zero-order valence-electron chi connectivity index (χ0n) is 12.8. The van der Waals surface area contributed by atoms with Gasteiger partial charge in [0.25, 0.3) is 0 Å². The molecule has 1 amide bonds. The number of piperidine rings is 1. The van der Waals surface area contributed by atoms with E-state index in [9.17, 15) is 4.79 Å². The summed E-state index contributed by atoms with van der Waals surface area (Å²) >= 11 is 0. The normalized spacial score (nSPS) is 19.5. The Hall–Kier alpha value is -0.610. The van der Waals surface area contributed by atoms with Crippen LogP contribution in [0.2, 0.25) is 0 Å². The van der Waals surface area contributed by atoms with E-state index in [1.165, 1.54) is 0 Å². The van der Waals surface area contributed by atoms with E-state index in [1.54, 1.807) is 0 Å². The monoisotopic (exact) mass is 271 g/mol. The number of aliphatic hydroxyl groups excluding tert-OH is 1. The number of aliphatic hydroxyl groups is 1. The smallest absolute Gasteiger partial charge is 0.222 e. The van der Waals surface area contributed by atoms with Crippen LogP contribution in [0.5, 0.6) is 0 Å². The fourth-order valence-corrected chi connectivity index (χ4v) is 2.19. The van der Waals surface area contributed by atoms with Gasteiger partial charge in [0, 0.05) is 19.5 Å². The van der Waals surface area contributed by atoms with Crippen LogP contribution in [0, 0.1) is 11.3 Å². The highest BCUT2D eigenvalue weighted by Crippen LogP contribution is 2.29. The molecule has 0 aromatic carbocycles. The highest BCUT2D eigenvalue weighted by molar-refractivity contribution is 5.76. The van der Waals surface area contributed by atoms with E-state index in [1.807, 2.05) is 4.90 Å². The van der Waals surface area contributed by atoms with Gasteiger partial charge < -0.3 is 14.7 Å². The van der Waals surface area contributed by atoms with Gasteiger partial charge in [-0.2, -0.15) is 0 Å². The fraction of sp³-hybridized carbons (Fsp3) is 0.933. The van der Waals surface area contributed by atoms with Crippen molar-refractivity contribution in [3.8, 4) is 0 Å². The van der Waals surface area contributed by atoms with Crippen LogP contribution < -0.4 is 0 Å². The average molecular weight is 271 g/mol. The predicted molar refractivity (Wildman–Crippen MR) is 75.9 cm³/mol. The van der Waals surface area contributed by atoms with E-state index < -0.39 is 0 Å². The molecule has 0 bridgehead atoms. The first-order chi connectivity index (χ1) is 8.84. The third-order valence-corrected chi connectivity index (χ3v) is 4.20. The standard InChI is InChI=1S/C15H29NO3/c1-12(15(2,3)4)11-14(18)16-7-5-13(6-8-16)19-10-9-17/h12-13,17H,5-11H2,1-4H3. The molecule has 1 heterocycles. The lowest BCUT2D eigenvalue weighted by Crippen LogP contribution is -2.42. The van der Waals surface area contributed by atoms with Crippen LogP contribution >= 0.6 is 0 Å². The van der Waals surface area contributed by atoms with Gasteiger partial charge in [-0.3, -0.25) is 4.79 Å². The number of nitrogens with zero attached hydrogens (tertiary/aromatic N) is 1. The number of rotatable bonds is 5. The molecule has 0 aromatic heterocycles. The molecule has 1 fully saturated rings. The van der Waals surface area contributed by atoms with E-state index >= 15 is 0 Å². The Morgan fingerprint density at radius 2 is 1.95 bits per heavy atom. The Labute approximate surface area is 117 Å². The highest BCUT2D eigenvalue weighted by atomic mass is 16.5. The molecule has 0 aliphatic carbocycles. The van der Waals surface area contributed by atoms with Crippen molar-refractivity contribution in [2.45, 2.75) is 53.1 Å². The summed E-state index contributed by atoms with van der Waals surface area (Å²) in [7, 11) is 0. The summed E-state index contributed by atoms with van der Waals surface area (Å²) in [6, 6.07) is 0. The van der Waals surface area contributed by atoms with E-state index in [4.69, 9.17) is 9.84 Å². The molecule has 0 saturated carbocycles. The first kappa shape index (κ1) is 16.4. The molecule has 19 heavy (non-hydrogen) atoms. The number of ether oxygens (including phenoxy) is 1. The van der Waals surface area contributed by atoms with Gasteiger partial charge in [0.1, 0.15) is 0 Å². The quantitative estimate of drug-likeness (QED) is 0.832. The van der Waals surface area contributed by atoms with Gasteiger partial charge in [-0.05, 0) is 24.2 Å². The van der Waals surface area contributed by atoms with Crippen molar-refractivity contribution in [2.24, 2.45) is 11.3 Å². The summed E-state index contributed by atoms with van der Waals surface area (Å²) in [6.45, 7) is 10.7. The van der Waals surface area contributed by atoms with E-state index in [-0.39, 0.29) is 24.0 Å². The summed E-state index contributed by atoms with van der Waals surface area (Å²) in [5.41, 5.74) is 0.179. The molecular weight excluding hydrogens is 242 g/mol. The third kappa shape index (κ3) is 5.49. The molecule has 4 heteroatoms. The Bertz CT molecular complexity index is 278. The minimum atomic E-state index is 0.0717. The zero-order chi connectivity index (χ0) is 14.5. The number of carbonyl (C=O) groups is 1. The molecule has 1 saturated heterocycles. The van der Waals surface area contributed by atoms with Crippen molar-refractivity contribution in [1.82, 2.24) is 4.90 Å². The number of hydrogen-bond donors (Lipinski definition) is 1. The number of carbonyl (C=O) groups excluding carboxylic acids is 1. The van der Waals surface area contributed by atoms with Crippen molar-refractivity contribution in [1.29, 1.82) is 0 Å². The summed E-state index contributed by atoms with van der Waals surface area (Å²) in [5.74, 6) is 0.659. The van der Waals surface area contributed by atoms with Gasteiger partial charge in [0.2, 0.25) is 5.91 Å². The van der Waals surface area contributed by atoms with Crippen LogP contribution in [-0.2, 0) is 9.53 Å². The van der Waals surface area contributed by atoms with Crippen LogP contribution in [0.3, 0.4) is 0 Å². The van der Waals surface area contributed by atoms with Crippen LogP contribution in [0.25, 0.3) is 0 Å². The second-order valence-electron chi connectivity index (χ2n) is 6.65. The largest absolute Gasteiger partial charge is 0.394 e. The highest BCUT2D eigenvalue weighted by Gasteiger charge is 2.27. The van der Waals surface area contributed by atoms with Gasteiger partial charge in [-0.25, -0.2) is 0 Å². The van der Waals surface area contributed by atoms with Crippen molar-refractivity contribution in [2.75, 3.05) is 26.3 Å². The van der Waals surface area contributed by atoms with Crippen molar-refractivity contribution >= 4 is 5.91 Å². The molecule has 0 aromatic rings. The lowest BCUT2D eigenvalue weighted by Gasteiger charge is -2.34. The van der Waals surface area contributed by atoms with Crippen molar-refractivity contribution < 1.29 is 14.6 Å². The maximum Gasteiger partial charge on any atom is 0.222 e. The van der Waals surface area contributed by atoms with E-state index in [0.717, 1.165) is 25.9 Å². The Morgan fingerprint density at radius 3 is 2.42 bits per heavy atom. The Balaban J connectivity index is 2.33. The molecule has 1 atom stereocenters. The first-order valence-electron chi connectivity index (χ1n) is 7.35. The summed E-state index contributed by atoms with van der Waals surface area (Å²) in [6.07, 6.45) is 2.60. The molecule has 1 unspecified atom stereocenters. The molecule has 1 aliphatic rings. The molecule has 4 nitrogen and oxygen atoms in total. The average Bonchev–Trinajstić information content (AvgIpc) is 2.35. The molecule has 0 radical (unpaired) electrons. The van der Waals surface area contributed by atoms with Crippen molar-refractivity contribution in [3.63, 3.8) is 0 Å². The van der Waals surface area contributed by atoms with Crippen LogP contribution in [0.1, 0.15) is 47.0 Å². The Kier molecular flexibility index (Phi) is 6.27. The maximum absolute atomic E-state index is 12.2. The third-order valence-electron chi connectivity index (χ3n) is 4.20. The van der Waals surface area contributed by atoms with Crippen LogP contribution in [0.4, 0.5) is 0 Å². The molecule has 1 aliphatic heterocycles. The Morgan fingerprint density at radius 1 is 1.37 bits per heavy atom. The lowest BCUT2D eigenvalue weighted by atomic mass is 9.80. The van der Waals surface area contributed by atoms with Crippen LogP contribution in [0.15, 0.2) is 0 Å². The number of hydrogen-bond acceptors (Lipinski definition) is 3. The first-order valence-corrected chi connectivity index (χ1v) is 7.35. The minimum absolute atomic E-state index is 0.0717. The molecule has 1 rings (SSSR count). The van der Waals surface area contributed by atoms with Crippen molar-refractivity contribution in [3.05, 3.63) is 0 Å². The van der Waals surface area contributed by atoms with E-state index in [0.29, 0.717) is 18.9 Å². The van der Waals surface area contributed by atoms with Gasteiger partial charge in [0.05, 0.1) is 19.3 Å². The lowest BCUT2D eigenvalue weighted by molar-refractivity contribution is -0.135. The second kappa shape index (κ2) is 7.25. The zero-order valence-corrected chi connectivity index (χ0v) is 12.8. The molecule has 112 valence electrons. The van der Waals surface area contributed by atoms with Gasteiger partial charge in [0.15, 0.2) is 0 Å². The summed E-state index contributed by atoms with van der Waals surface area (Å²) in [5, 5.41) is 8.72. The minimum Gasteiger partial charge on any atom is -0.394 e. The topological polar surface area (TPSA) is 49.8 Å². The summed E-state index contributed by atoms with van der Waals surface area (Å²) in [4.78, 5) is 14.2. The summed E-state index contributed by atoms with van der Waals surface area (Å²) < 4.78 is 5.51. The molecule has 1 N–H and O–H groups in total. The maximum atomic E-state index is 12.2. The molecule has 0 spiro atoms. The van der Waals surface area contributed by atoms with Gasteiger partial charge >= 0.3 is 0 Å².